The number of halogens is 3. The number of carbonyl (C=O) groups is 1. The average Bonchev–Trinajstić information content (AvgIpc) is 3.17. The molecule has 0 spiro atoms. The van der Waals surface area contributed by atoms with Crippen LogP contribution in [0.1, 0.15) is 27.3 Å². The van der Waals surface area contributed by atoms with Gasteiger partial charge in [-0.15, -0.1) is 22.7 Å². The standard InChI is InChI=1S/C13H17N3OS2.C2HF3O2/c1-9-13(19-8-14-9)5-16-3-4-17-6-12(16)11-7-18-10(2)15-11;3-2(4,5)1(6)7/h7-8,12H,3-6H2,1-2H3;(H,6,7). The molecule has 6 nitrogen and oxygen atoms in total. The van der Waals surface area contributed by atoms with Crippen molar-refractivity contribution < 1.29 is 27.8 Å². The number of thiazole rings is 2. The van der Waals surface area contributed by atoms with Gasteiger partial charge in [0.25, 0.3) is 0 Å². The van der Waals surface area contributed by atoms with Crippen molar-refractivity contribution in [2.45, 2.75) is 32.6 Å². The molecule has 3 heterocycles. The molecule has 3 rings (SSSR count). The third-order valence-electron chi connectivity index (χ3n) is 3.65. The number of aryl methyl sites for hydroxylation is 2. The summed E-state index contributed by atoms with van der Waals surface area (Å²) in [6.45, 7) is 7.57. The van der Waals surface area contributed by atoms with E-state index >= 15 is 0 Å². The van der Waals surface area contributed by atoms with Gasteiger partial charge in [-0.1, -0.05) is 0 Å². The van der Waals surface area contributed by atoms with Crippen molar-refractivity contribution in [3.8, 4) is 0 Å². The van der Waals surface area contributed by atoms with Crippen molar-refractivity contribution in [3.63, 3.8) is 0 Å². The molecule has 0 radical (unpaired) electrons. The van der Waals surface area contributed by atoms with Crippen molar-refractivity contribution in [1.82, 2.24) is 14.9 Å². The van der Waals surface area contributed by atoms with E-state index in [-0.39, 0.29) is 6.04 Å². The van der Waals surface area contributed by atoms with E-state index in [0.717, 1.165) is 42.7 Å². The van der Waals surface area contributed by atoms with Gasteiger partial charge < -0.3 is 9.84 Å². The molecule has 26 heavy (non-hydrogen) atoms. The second kappa shape index (κ2) is 8.89. The maximum absolute atomic E-state index is 10.6. The Kier molecular flexibility index (Phi) is 7.09. The Balaban J connectivity index is 0.000000298. The summed E-state index contributed by atoms with van der Waals surface area (Å²) in [6.07, 6.45) is -5.08. The molecular weight excluding hydrogens is 391 g/mol. The predicted octanol–water partition coefficient (Wildman–Crippen LogP) is 3.42. The van der Waals surface area contributed by atoms with Crippen molar-refractivity contribution in [2.75, 3.05) is 19.8 Å². The quantitative estimate of drug-likeness (QED) is 0.837. The van der Waals surface area contributed by atoms with Crippen LogP contribution < -0.4 is 0 Å². The molecule has 1 saturated heterocycles. The normalized spacial score (nSPS) is 18.3. The molecule has 144 valence electrons. The highest BCUT2D eigenvalue weighted by Gasteiger charge is 2.38. The van der Waals surface area contributed by atoms with E-state index in [0.29, 0.717) is 0 Å². The second-order valence-corrected chi connectivity index (χ2v) is 7.52. The number of morpholine rings is 1. The fourth-order valence-electron chi connectivity index (χ4n) is 2.30. The van der Waals surface area contributed by atoms with Gasteiger partial charge in [-0.25, -0.2) is 14.8 Å². The fraction of sp³-hybridized carbons (Fsp3) is 0.533. The lowest BCUT2D eigenvalue weighted by Gasteiger charge is -2.34. The third kappa shape index (κ3) is 5.73. The molecule has 0 bridgehead atoms. The van der Waals surface area contributed by atoms with E-state index in [1.54, 1.807) is 22.7 Å². The minimum Gasteiger partial charge on any atom is -0.475 e. The van der Waals surface area contributed by atoms with Crippen LogP contribution in [0.15, 0.2) is 10.9 Å². The zero-order valence-electron chi connectivity index (χ0n) is 14.1. The van der Waals surface area contributed by atoms with Crippen LogP contribution in [-0.4, -0.2) is 51.9 Å². The zero-order chi connectivity index (χ0) is 19.3. The number of rotatable bonds is 3. The third-order valence-corrected chi connectivity index (χ3v) is 5.36. The molecule has 1 atom stereocenters. The number of aliphatic carboxylic acids is 1. The summed E-state index contributed by atoms with van der Waals surface area (Å²) in [5, 5.41) is 10.4. The number of ether oxygens (including phenoxy) is 1. The van der Waals surface area contributed by atoms with Crippen LogP contribution in [0, 0.1) is 13.8 Å². The number of hydrogen-bond acceptors (Lipinski definition) is 7. The van der Waals surface area contributed by atoms with Crippen LogP contribution in [0.3, 0.4) is 0 Å². The summed E-state index contributed by atoms with van der Waals surface area (Å²) in [4.78, 5) is 21.7. The summed E-state index contributed by atoms with van der Waals surface area (Å²) >= 11 is 3.44. The Bertz CT molecular complexity index is 733. The average molecular weight is 409 g/mol. The number of carboxylic acids is 1. The molecule has 0 amide bonds. The van der Waals surface area contributed by atoms with Crippen LogP contribution in [0.2, 0.25) is 0 Å². The second-order valence-electron chi connectivity index (χ2n) is 5.52. The van der Waals surface area contributed by atoms with E-state index < -0.39 is 12.1 Å². The lowest BCUT2D eigenvalue weighted by molar-refractivity contribution is -0.192. The van der Waals surface area contributed by atoms with E-state index in [4.69, 9.17) is 14.6 Å². The highest BCUT2D eigenvalue weighted by molar-refractivity contribution is 7.09. The maximum Gasteiger partial charge on any atom is 0.490 e. The van der Waals surface area contributed by atoms with Crippen LogP contribution in [0.5, 0.6) is 0 Å². The smallest absolute Gasteiger partial charge is 0.475 e. The van der Waals surface area contributed by atoms with Gasteiger partial charge in [0.2, 0.25) is 0 Å². The van der Waals surface area contributed by atoms with Crippen LogP contribution >= 0.6 is 22.7 Å². The molecule has 2 aromatic rings. The van der Waals surface area contributed by atoms with E-state index in [9.17, 15) is 13.2 Å². The summed E-state index contributed by atoms with van der Waals surface area (Å²) in [6, 6.07) is 0.278. The minimum atomic E-state index is -5.08. The van der Waals surface area contributed by atoms with Crippen LogP contribution in [-0.2, 0) is 16.1 Å². The number of aromatic nitrogens is 2. The fourth-order valence-corrected chi connectivity index (χ4v) is 3.76. The van der Waals surface area contributed by atoms with Gasteiger partial charge >= 0.3 is 12.1 Å². The Morgan fingerprint density at radius 3 is 2.62 bits per heavy atom. The predicted molar refractivity (Wildman–Crippen MR) is 91.4 cm³/mol. The van der Waals surface area contributed by atoms with Gasteiger partial charge in [-0.2, -0.15) is 13.2 Å². The van der Waals surface area contributed by atoms with Gasteiger partial charge in [0.05, 0.1) is 41.2 Å². The van der Waals surface area contributed by atoms with Crippen molar-refractivity contribution in [2.24, 2.45) is 0 Å². The number of carboxylic acid groups (broad SMARTS) is 1. The van der Waals surface area contributed by atoms with Gasteiger partial charge in [0, 0.05) is 23.3 Å². The first-order chi connectivity index (χ1) is 12.2. The highest BCUT2D eigenvalue weighted by atomic mass is 32.1. The van der Waals surface area contributed by atoms with Crippen molar-refractivity contribution >= 4 is 28.6 Å². The maximum atomic E-state index is 10.6. The summed E-state index contributed by atoms with van der Waals surface area (Å²) in [7, 11) is 0. The molecule has 0 saturated carbocycles. The number of nitrogens with zero attached hydrogens (tertiary/aromatic N) is 3. The molecule has 11 heteroatoms. The molecule has 1 N–H and O–H groups in total. The summed E-state index contributed by atoms with van der Waals surface area (Å²) in [5.41, 5.74) is 4.21. The first-order valence-corrected chi connectivity index (χ1v) is 9.37. The minimum absolute atomic E-state index is 0.278. The van der Waals surface area contributed by atoms with Crippen LogP contribution in [0.4, 0.5) is 13.2 Å². The molecule has 1 unspecified atom stereocenters. The lowest BCUT2D eigenvalue weighted by Crippen LogP contribution is -2.39. The molecule has 0 aliphatic carbocycles. The Hall–Kier alpha value is -1.56. The lowest BCUT2D eigenvalue weighted by atomic mass is 10.1. The van der Waals surface area contributed by atoms with E-state index in [1.165, 1.54) is 4.88 Å². The topological polar surface area (TPSA) is 75.5 Å². The van der Waals surface area contributed by atoms with E-state index in [2.05, 4.69) is 34.1 Å². The Morgan fingerprint density at radius 2 is 2.12 bits per heavy atom. The van der Waals surface area contributed by atoms with Crippen molar-refractivity contribution in [1.29, 1.82) is 0 Å². The monoisotopic (exact) mass is 409 g/mol. The first-order valence-electron chi connectivity index (χ1n) is 7.61. The summed E-state index contributed by atoms with van der Waals surface area (Å²) in [5.74, 6) is -2.76. The van der Waals surface area contributed by atoms with Gasteiger partial charge in [-0.05, 0) is 13.8 Å². The van der Waals surface area contributed by atoms with E-state index in [1.807, 2.05) is 5.51 Å². The van der Waals surface area contributed by atoms with Crippen LogP contribution in [0.25, 0.3) is 0 Å². The molecular formula is C15H18F3N3O3S2. The molecule has 2 aromatic heterocycles. The highest BCUT2D eigenvalue weighted by Crippen LogP contribution is 2.28. The first kappa shape index (κ1) is 20.7. The Labute approximate surface area is 156 Å². The molecule has 0 aromatic carbocycles. The SMILES string of the molecule is Cc1nc(C2COCCN2Cc2scnc2C)cs1.O=C(O)C(F)(F)F. The number of alkyl halides is 3. The van der Waals surface area contributed by atoms with Gasteiger partial charge in [0.15, 0.2) is 0 Å². The molecule has 1 aliphatic heterocycles. The summed E-state index contributed by atoms with van der Waals surface area (Å²) < 4.78 is 37.4. The zero-order valence-corrected chi connectivity index (χ0v) is 15.7. The molecule has 1 aliphatic rings. The van der Waals surface area contributed by atoms with Gasteiger partial charge in [-0.3, -0.25) is 4.90 Å². The van der Waals surface area contributed by atoms with Crippen molar-refractivity contribution in [3.05, 3.63) is 32.2 Å². The van der Waals surface area contributed by atoms with Gasteiger partial charge in [0.1, 0.15) is 0 Å². The largest absolute Gasteiger partial charge is 0.490 e. The Morgan fingerprint density at radius 1 is 1.42 bits per heavy atom. The molecule has 1 fully saturated rings. The number of hydrogen-bond donors (Lipinski definition) is 1.